The van der Waals surface area contributed by atoms with Crippen LogP contribution in [0.5, 0.6) is 0 Å². The topological polar surface area (TPSA) is 29.1 Å². The number of likely N-dealkylation sites (N-methyl/N-ethyl adjacent to an activating group) is 1. The first-order chi connectivity index (χ1) is 8.48. The first kappa shape index (κ1) is 14.0. The third-order valence-electron chi connectivity index (χ3n) is 5.67. The molecule has 1 N–H and O–H groups in total. The summed E-state index contributed by atoms with van der Waals surface area (Å²) in [4.78, 5) is 11.9. The standard InChI is InChI=1S/C16H29NO/c1-5-15(18)14(17-6-2)9-11-7-12-10-13(8-11)16(12,3)4/h11-14,17H,5-10H2,1-4H3. The minimum Gasteiger partial charge on any atom is -0.308 e. The van der Waals surface area contributed by atoms with Gasteiger partial charge in [-0.15, -0.1) is 0 Å². The molecule has 0 aromatic heterocycles. The molecule has 3 aliphatic carbocycles. The molecule has 18 heavy (non-hydrogen) atoms. The third kappa shape index (κ3) is 2.49. The number of hydrogen-bond donors (Lipinski definition) is 1. The molecule has 0 radical (unpaired) electrons. The Kier molecular flexibility index (Phi) is 4.15. The summed E-state index contributed by atoms with van der Waals surface area (Å²) in [6, 6.07) is 0.116. The van der Waals surface area contributed by atoms with E-state index in [-0.39, 0.29) is 6.04 Å². The van der Waals surface area contributed by atoms with Gasteiger partial charge in [0, 0.05) is 6.42 Å². The van der Waals surface area contributed by atoms with E-state index in [1.54, 1.807) is 0 Å². The van der Waals surface area contributed by atoms with Gasteiger partial charge in [0.2, 0.25) is 0 Å². The highest BCUT2D eigenvalue weighted by Gasteiger charge is 2.52. The Bertz CT molecular complexity index is 296. The number of hydrogen-bond acceptors (Lipinski definition) is 2. The van der Waals surface area contributed by atoms with Crippen molar-refractivity contribution in [1.29, 1.82) is 0 Å². The van der Waals surface area contributed by atoms with Crippen LogP contribution >= 0.6 is 0 Å². The summed E-state index contributed by atoms with van der Waals surface area (Å²) >= 11 is 0. The summed E-state index contributed by atoms with van der Waals surface area (Å²) in [6.45, 7) is 9.84. The lowest BCUT2D eigenvalue weighted by atomic mass is 9.46. The van der Waals surface area contributed by atoms with Crippen LogP contribution in [0.2, 0.25) is 0 Å². The second-order valence-electron chi connectivity index (χ2n) is 6.95. The molecule has 3 unspecified atom stereocenters. The van der Waals surface area contributed by atoms with Gasteiger partial charge in [0.15, 0.2) is 0 Å². The lowest BCUT2D eigenvalue weighted by Crippen LogP contribution is -2.51. The largest absolute Gasteiger partial charge is 0.308 e. The highest BCUT2D eigenvalue weighted by atomic mass is 16.1. The zero-order chi connectivity index (χ0) is 13.3. The number of fused-ring (bicyclic) bond motifs is 2. The van der Waals surface area contributed by atoms with Crippen LogP contribution in [0.3, 0.4) is 0 Å². The predicted molar refractivity (Wildman–Crippen MR) is 75.5 cm³/mol. The maximum absolute atomic E-state index is 11.9. The Morgan fingerprint density at radius 2 is 1.83 bits per heavy atom. The van der Waals surface area contributed by atoms with Crippen molar-refractivity contribution < 1.29 is 4.79 Å². The molecule has 3 rings (SSSR count). The van der Waals surface area contributed by atoms with Gasteiger partial charge in [-0.1, -0.05) is 27.7 Å². The molecule has 0 aromatic carbocycles. The second kappa shape index (κ2) is 5.32. The molecule has 0 aromatic rings. The molecule has 2 nitrogen and oxygen atoms in total. The molecule has 2 heteroatoms. The van der Waals surface area contributed by atoms with E-state index < -0.39 is 0 Å². The van der Waals surface area contributed by atoms with Gasteiger partial charge < -0.3 is 5.32 Å². The quantitative estimate of drug-likeness (QED) is 0.784. The molecule has 0 amide bonds. The van der Waals surface area contributed by atoms with Crippen molar-refractivity contribution in [3.63, 3.8) is 0 Å². The fourth-order valence-electron chi connectivity index (χ4n) is 4.17. The molecular formula is C16H29NO. The molecule has 2 bridgehead atoms. The van der Waals surface area contributed by atoms with E-state index in [9.17, 15) is 4.79 Å². The maximum atomic E-state index is 11.9. The van der Waals surface area contributed by atoms with Gasteiger partial charge in [-0.3, -0.25) is 4.79 Å². The van der Waals surface area contributed by atoms with Gasteiger partial charge in [0.05, 0.1) is 6.04 Å². The molecule has 3 aliphatic rings. The van der Waals surface area contributed by atoms with E-state index in [1.807, 2.05) is 6.92 Å². The van der Waals surface area contributed by atoms with Crippen LogP contribution in [0, 0.1) is 23.2 Å². The van der Waals surface area contributed by atoms with Crippen LogP contribution in [-0.4, -0.2) is 18.4 Å². The van der Waals surface area contributed by atoms with Crippen molar-refractivity contribution in [2.75, 3.05) is 6.54 Å². The summed E-state index contributed by atoms with van der Waals surface area (Å²) < 4.78 is 0. The van der Waals surface area contributed by atoms with Crippen LogP contribution < -0.4 is 5.32 Å². The highest BCUT2D eigenvalue weighted by molar-refractivity contribution is 5.83. The molecule has 3 fully saturated rings. The van der Waals surface area contributed by atoms with Crippen LogP contribution in [0.1, 0.15) is 59.8 Å². The summed E-state index contributed by atoms with van der Waals surface area (Å²) in [6.07, 6.45) is 5.88. The summed E-state index contributed by atoms with van der Waals surface area (Å²) in [7, 11) is 0. The van der Waals surface area contributed by atoms with Crippen molar-refractivity contribution in [2.24, 2.45) is 23.2 Å². The predicted octanol–water partition coefficient (Wildman–Crippen LogP) is 3.41. The number of nitrogens with one attached hydrogen (secondary N) is 1. The lowest BCUT2D eigenvalue weighted by Gasteiger charge is -2.59. The summed E-state index contributed by atoms with van der Waals surface area (Å²) in [5.41, 5.74) is 0.582. The normalized spacial score (nSPS) is 34.8. The molecular weight excluding hydrogens is 222 g/mol. The Labute approximate surface area is 112 Å². The number of Topliss-reactive ketones (excluding diaryl/α,β-unsaturated/α-hetero) is 1. The van der Waals surface area contributed by atoms with Gasteiger partial charge in [-0.25, -0.2) is 0 Å². The molecule has 0 saturated heterocycles. The maximum Gasteiger partial charge on any atom is 0.149 e. The number of rotatable bonds is 6. The monoisotopic (exact) mass is 251 g/mol. The van der Waals surface area contributed by atoms with Gasteiger partial charge in [-0.2, -0.15) is 0 Å². The van der Waals surface area contributed by atoms with Gasteiger partial charge in [0.1, 0.15) is 5.78 Å². The lowest BCUT2D eigenvalue weighted by molar-refractivity contribution is -0.123. The molecule has 0 heterocycles. The highest BCUT2D eigenvalue weighted by Crippen LogP contribution is 2.61. The number of ketones is 1. The average molecular weight is 251 g/mol. The van der Waals surface area contributed by atoms with Crippen LogP contribution in [0.15, 0.2) is 0 Å². The Morgan fingerprint density at radius 1 is 1.22 bits per heavy atom. The molecule has 3 atom stereocenters. The van der Waals surface area contributed by atoms with Crippen LogP contribution in [-0.2, 0) is 4.79 Å². The SMILES string of the molecule is CCNC(CC1CC2CC(C1)C2(C)C)C(=O)CC. The third-order valence-corrected chi connectivity index (χ3v) is 5.67. The fourth-order valence-corrected chi connectivity index (χ4v) is 4.17. The summed E-state index contributed by atoms with van der Waals surface area (Å²) in [5, 5.41) is 3.38. The Hall–Kier alpha value is -0.370. The number of carbonyl (C=O) groups is 1. The minimum atomic E-state index is 0.116. The van der Waals surface area contributed by atoms with E-state index in [4.69, 9.17) is 0 Å². The molecule has 0 aliphatic heterocycles. The second-order valence-corrected chi connectivity index (χ2v) is 6.95. The molecule has 3 saturated carbocycles. The van der Waals surface area contributed by atoms with Gasteiger partial charge in [0.25, 0.3) is 0 Å². The Morgan fingerprint density at radius 3 is 2.28 bits per heavy atom. The van der Waals surface area contributed by atoms with Crippen molar-refractivity contribution in [1.82, 2.24) is 5.32 Å². The van der Waals surface area contributed by atoms with Crippen molar-refractivity contribution in [3.05, 3.63) is 0 Å². The zero-order valence-corrected chi connectivity index (χ0v) is 12.5. The molecule has 104 valence electrons. The van der Waals surface area contributed by atoms with Gasteiger partial charge >= 0.3 is 0 Å². The van der Waals surface area contributed by atoms with Crippen molar-refractivity contribution >= 4 is 5.78 Å². The van der Waals surface area contributed by atoms with Crippen LogP contribution in [0.4, 0.5) is 0 Å². The van der Waals surface area contributed by atoms with E-state index in [2.05, 4.69) is 26.1 Å². The smallest absolute Gasteiger partial charge is 0.149 e. The van der Waals surface area contributed by atoms with Crippen molar-refractivity contribution in [3.8, 4) is 0 Å². The van der Waals surface area contributed by atoms with Crippen LogP contribution in [0.25, 0.3) is 0 Å². The fraction of sp³-hybridized carbons (Fsp3) is 0.938. The summed E-state index contributed by atoms with van der Waals surface area (Å²) in [5.74, 6) is 3.01. The van der Waals surface area contributed by atoms with E-state index in [0.29, 0.717) is 17.6 Å². The average Bonchev–Trinajstić information content (AvgIpc) is 2.37. The van der Waals surface area contributed by atoms with Gasteiger partial charge in [-0.05, 0) is 55.4 Å². The van der Waals surface area contributed by atoms with E-state index in [1.165, 1.54) is 19.3 Å². The minimum absolute atomic E-state index is 0.116. The molecule has 0 spiro atoms. The van der Waals surface area contributed by atoms with E-state index in [0.717, 1.165) is 30.7 Å². The first-order valence-corrected chi connectivity index (χ1v) is 7.75. The van der Waals surface area contributed by atoms with Crippen molar-refractivity contribution in [2.45, 2.75) is 65.8 Å². The Balaban J connectivity index is 1.88. The number of carbonyl (C=O) groups excluding carboxylic acids is 1. The van der Waals surface area contributed by atoms with E-state index >= 15 is 0 Å². The zero-order valence-electron chi connectivity index (χ0n) is 12.5. The first-order valence-electron chi connectivity index (χ1n) is 7.75.